The molecule has 0 saturated heterocycles. The first-order valence-corrected chi connectivity index (χ1v) is 15.8. The van der Waals surface area contributed by atoms with Crippen molar-refractivity contribution in [3.8, 4) is 77.9 Å². The standard InChI is InChI=1S/C45H29N/c1-3-13-30(14-4-1)42-28-46-29-43(44(42)31-15-5-2-6-16-31)36-20-8-7-19-34(36)32-17-11-18-33(27-32)35-25-26-41-38-22-10-9-21-37(38)40-24-12-23-39(35)45(40)41/h1-29H. The molecular weight excluding hydrogens is 555 g/mol. The van der Waals surface area contributed by atoms with Crippen molar-refractivity contribution in [2.45, 2.75) is 0 Å². The fourth-order valence-electron chi connectivity index (χ4n) is 7.30. The van der Waals surface area contributed by atoms with Gasteiger partial charge in [0.15, 0.2) is 0 Å². The third kappa shape index (κ3) is 4.21. The maximum atomic E-state index is 4.80. The summed E-state index contributed by atoms with van der Waals surface area (Å²) < 4.78 is 0. The van der Waals surface area contributed by atoms with Gasteiger partial charge in [-0.2, -0.15) is 0 Å². The number of hydrogen-bond acceptors (Lipinski definition) is 1. The molecule has 0 unspecified atom stereocenters. The minimum atomic E-state index is 1.12. The molecule has 0 atom stereocenters. The second-order valence-corrected chi connectivity index (χ2v) is 11.9. The molecule has 8 aromatic rings. The molecule has 0 radical (unpaired) electrons. The molecule has 0 N–H and O–H groups in total. The molecule has 214 valence electrons. The van der Waals surface area contributed by atoms with E-state index in [2.05, 4.69) is 164 Å². The Morgan fingerprint density at radius 2 is 0.761 bits per heavy atom. The van der Waals surface area contributed by atoms with Gasteiger partial charge in [-0.25, -0.2) is 0 Å². The van der Waals surface area contributed by atoms with Gasteiger partial charge in [-0.1, -0.05) is 158 Å². The van der Waals surface area contributed by atoms with Gasteiger partial charge in [0.25, 0.3) is 0 Å². The normalized spacial score (nSPS) is 11.5. The Bertz CT molecular complexity index is 2370. The third-order valence-electron chi connectivity index (χ3n) is 9.34. The highest BCUT2D eigenvalue weighted by atomic mass is 14.6. The van der Waals surface area contributed by atoms with E-state index in [-0.39, 0.29) is 0 Å². The Kier molecular flexibility index (Phi) is 6.21. The molecule has 1 heterocycles. The van der Waals surface area contributed by atoms with Gasteiger partial charge in [-0.15, -0.1) is 0 Å². The Labute approximate surface area is 269 Å². The van der Waals surface area contributed by atoms with Crippen molar-refractivity contribution in [1.29, 1.82) is 0 Å². The Balaban J connectivity index is 1.22. The number of hydrogen-bond donors (Lipinski definition) is 0. The maximum Gasteiger partial charge on any atom is 0.0353 e. The van der Waals surface area contributed by atoms with E-state index >= 15 is 0 Å². The van der Waals surface area contributed by atoms with Crippen LogP contribution in [0.15, 0.2) is 176 Å². The number of benzene rings is 7. The summed E-state index contributed by atoms with van der Waals surface area (Å²) in [6.45, 7) is 0. The molecule has 9 rings (SSSR count). The van der Waals surface area contributed by atoms with Crippen LogP contribution in [-0.2, 0) is 0 Å². The van der Waals surface area contributed by atoms with E-state index in [1.807, 2.05) is 12.4 Å². The SMILES string of the molecule is c1ccc(-c2cncc(-c3ccccc3-c3cccc(-c4ccc5c6c(cccc46)-c4ccccc4-5)c3)c2-c2ccccc2)cc1. The summed E-state index contributed by atoms with van der Waals surface area (Å²) in [5.41, 5.74) is 17.1. The lowest BCUT2D eigenvalue weighted by Gasteiger charge is -2.18. The largest absolute Gasteiger partial charge is 0.263 e. The summed E-state index contributed by atoms with van der Waals surface area (Å²) in [4.78, 5) is 4.80. The van der Waals surface area contributed by atoms with Crippen LogP contribution in [0.3, 0.4) is 0 Å². The summed E-state index contributed by atoms with van der Waals surface area (Å²) in [5.74, 6) is 0. The van der Waals surface area contributed by atoms with Crippen LogP contribution in [-0.4, -0.2) is 4.98 Å². The van der Waals surface area contributed by atoms with Crippen LogP contribution >= 0.6 is 0 Å². The summed E-state index contributed by atoms with van der Waals surface area (Å²) >= 11 is 0. The van der Waals surface area contributed by atoms with Gasteiger partial charge in [-0.3, -0.25) is 4.98 Å². The van der Waals surface area contributed by atoms with Gasteiger partial charge in [-0.05, 0) is 78.0 Å². The molecule has 46 heavy (non-hydrogen) atoms. The van der Waals surface area contributed by atoms with Crippen molar-refractivity contribution in [3.63, 3.8) is 0 Å². The highest BCUT2D eigenvalue weighted by molar-refractivity contribution is 6.18. The lowest BCUT2D eigenvalue weighted by atomic mass is 9.86. The van der Waals surface area contributed by atoms with E-state index in [0.29, 0.717) is 0 Å². The average molecular weight is 584 g/mol. The minimum absolute atomic E-state index is 1.12. The van der Waals surface area contributed by atoms with Gasteiger partial charge >= 0.3 is 0 Å². The second-order valence-electron chi connectivity index (χ2n) is 11.9. The zero-order chi connectivity index (χ0) is 30.5. The van der Waals surface area contributed by atoms with Gasteiger partial charge in [0.2, 0.25) is 0 Å². The van der Waals surface area contributed by atoms with Crippen LogP contribution in [0, 0.1) is 0 Å². The molecule has 0 spiro atoms. The highest BCUT2D eigenvalue weighted by Crippen LogP contribution is 2.49. The number of fused-ring (bicyclic) bond motifs is 3. The highest BCUT2D eigenvalue weighted by Gasteiger charge is 2.23. The topological polar surface area (TPSA) is 12.9 Å². The molecule has 0 bridgehead atoms. The monoisotopic (exact) mass is 583 g/mol. The van der Waals surface area contributed by atoms with Crippen LogP contribution in [0.4, 0.5) is 0 Å². The number of aromatic nitrogens is 1. The molecule has 1 aliphatic rings. The molecular formula is C45H29N. The number of pyridine rings is 1. The van der Waals surface area contributed by atoms with Gasteiger partial charge in [0.1, 0.15) is 0 Å². The molecule has 1 nitrogen and oxygen atoms in total. The van der Waals surface area contributed by atoms with Crippen molar-refractivity contribution in [2.75, 3.05) is 0 Å². The molecule has 0 saturated carbocycles. The predicted molar refractivity (Wildman–Crippen MR) is 193 cm³/mol. The van der Waals surface area contributed by atoms with Crippen molar-refractivity contribution in [1.82, 2.24) is 4.98 Å². The third-order valence-corrected chi connectivity index (χ3v) is 9.34. The van der Waals surface area contributed by atoms with Crippen LogP contribution in [0.5, 0.6) is 0 Å². The first-order valence-electron chi connectivity index (χ1n) is 15.8. The minimum Gasteiger partial charge on any atom is -0.263 e. The van der Waals surface area contributed by atoms with Crippen molar-refractivity contribution in [2.24, 2.45) is 0 Å². The van der Waals surface area contributed by atoms with Crippen LogP contribution in [0.1, 0.15) is 0 Å². The summed E-state index contributed by atoms with van der Waals surface area (Å²) in [7, 11) is 0. The Morgan fingerprint density at radius 1 is 0.283 bits per heavy atom. The molecule has 0 amide bonds. The quantitative estimate of drug-likeness (QED) is 0.196. The molecule has 0 fully saturated rings. The van der Waals surface area contributed by atoms with E-state index in [0.717, 1.165) is 16.7 Å². The van der Waals surface area contributed by atoms with Crippen LogP contribution in [0.2, 0.25) is 0 Å². The summed E-state index contributed by atoms with van der Waals surface area (Å²) in [6, 6.07) is 59.1. The van der Waals surface area contributed by atoms with E-state index in [1.165, 1.54) is 72.0 Å². The van der Waals surface area contributed by atoms with Crippen molar-refractivity contribution < 1.29 is 0 Å². The first-order chi connectivity index (χ1) is 22.8. The number of rotatable bonds is 5. The second kappa shape index (κ2) is 10.8. The number of nitrogens with zero attached hydrogens (tertiary/aromatic N) is 1. The molecule has 0 aliphatic heterocycles. The van der Waals surface area contributed by atoms with E-state index < -0.39 is 0 Å². The summed E-state index contributed by atoms with van der Waals surface area (Å²) in [6.07, 6.45) is 4.02. The average Bonchev–Trinajstić information content (AvgIpc) is 3.47. The van der Waals surface area contributed by atoms with Gasteiger partial charge in [0, 0.05) is 29.1 Å². The van der Waals surface area contributed by atoms with Crippen molar-refractivity contribution >= 4 is 10.8 Å². The molecule has 1 aromatic heterocycles. The first kappa shape index (κ1) is 26.4. The van der Waals surface area contributed by atoms with E-state index in [4.69, 9.17) is 4.98 Å². The zero-order valence-electron chi connectivity index (χ0n) is 25.2. The van der Waals surface area contributed by atoms with E-state index in [9.17, 15) is 0 Å². The van der Waals surface area contributed by atoms with Crippen molar-refractivity contribution in [3.05, 3.63) is 176 Å². The lowest BCUT2D eigenvalue weighted by molar-refractivity contribution is 1.33. The Morgan fingerprint density at radius 3 is 1.48 bits per heavy atom. The fraction of sp³-hybridized carbons (Fsp3) is 0. The molecule has 1 aliphatic carbocycles. The maximum absolute atomic E-state index is 4.80. The van der Waals surface area contributed by atoms with Crippen LogP contribution < -0.4 is 0 Å². The van der Waals surface area contributed by atoms with E-state index in [1.54, 1.807) is 0 Å². The smallest absolute Gasteiger partial charge is 0.0353 e. The zero-order valence-corrected chi connectivity index (χ0v) is 25.2. The Hall–Kier alpha value is -6.05. The lowest BCUT2D eigenvalue weighted by Crippen LogP contribution is -1.94. The van der Waals surface area contributed by atoms with Gasteiger partial charge < -0.3 is 0 Å². The molecule has 7 aromatic carbocycles. The van der Waals surface area contributed by atoms with Gasteiger partial charge in [0.05, 0.1) is 0 Å². The predicted octanol–water partition coefficient (Wildman–Crippen LogP) is 12.2. The van der Waals surface area contributed by atoms with Crippen LogP contribution in [0.25, 0.3) is 88.7 Å². The summed E-state index contributed by atoms with van der Waals surface area (Å²) in [5, 5.41) is 2.64. The molecule has 1 heteroatoms. The fourth-order valence-corrected chi connectivity index (χ4v) is 7.30.